The van der Waals surface area contributed by atoms with E-state index in [2.05, 4.69) is 31.3 Å². The Balaban J connectivity index is 1.92. The van der Waals surface area contributed by atoms with Crippen molar-refractivity contribution in [2.75, 3.05) is 26.6 Å². The van der Waals surface area contributed by atoms with Gasteiger partial charge in [0.15, 0.2) is 17.3 Å². The molecule has 1 unspecified atom stereocenters. The Hall–Kier alpha value is -3.47. The van der Waals surface area contributed by atoms with Crippen molar-refractivity contribution in [3.05, 3.63) is 82.9 Å². The molecule has 3 rings (SSSR count). The lowest BCUT2D eigenvalue weighted by Crippen LogP contribution is -2.16. The molecule has 31 heavy (non-hydrogen) atoms. The van der Waals surface area contributed by atoms with Gasteiger partial charge in [0.05, 0.1) is 27.4 Å². The highest BCUT2D eigenvalue weighted by Crippen LogP contribution is 2.33. The number of hydrogen-bond acceptors (Lipinski definition) is 5. The van der Waals surface area contributed by atoms with Crippen LogP contribution in [0.2, 0.25) is 0 Å². The summed E-state index contributed by atoms with van der Waals surface area (Å²) in [5.41, 5.74) is 4.97. The third kappa shape index (κ3) is 5.37. The van der Waals surface area contributed by atoms with Gasteiger partial charge < -0.3 is 19.5 Å². The molecule has 3 aromatic rings. The Kier molecular flexibility index (Phi) is 7.19. The summed E-state index contributed by atoms with van der Waals surface area (Å²) in [6, 6.07) is 18.9. The summed E-state index contributed by atoms with van der Waals surface area (Å²) in [7, 11) is 4.82. The van der Waals surface area contributed by atoms with Crippen LogP contribution in [0.4, 0.5) is 5.69 Å². The highest BCUT2D eigenvalue weighted by molar-refractivity contribution is 5.96. The fourth-order valence-corrected chi connectivity index (χ4v) is 3.43. The maximum Gasteiger partial charge on any atom is 0.165 e. The molecule has 1 N–H and O–H groups in total. The number of benzene rings is 3. The van der Waals surface area contributed by atoms with E-state index in [4.69, 9.17) is 14.2 Å². The molecule has 0 saturated heterocycles. The van der Waals surface area contributed by atoms with Gasteiger partial charge in [-0.3, -0.25) is 4.79 Å². The number of aryl methyl sites for hydroxylation is 2. The Labute approximate surface area is 184 Å². The molecule has 0 heterocycles. The zero-order chi connectivity index (χ0) is 22.4. The first-order chi connectivity index (χ1) is 14.9. The van der Waals surface area contributed by atoms with E-state index in [1.165, 1.54) is 11.1 Å². The van der Waals surface area contributed by atoms with Gasteiger partial charge in [0.2, 0.25) is 0 Å². The SMILES string of the molecule is COc1ccc(C(=O)CC(Nc2ccc(C)c(C)c2)c2ccc(OC)c(OC)c2)cc1. The van der Waals surface area contributed by atoms with Crippen molar-refractivity contribution in [3.63, 3.8) is 0 Å². The lowest BCUT2D eigenvalue weighted by molar-refractivity contribution is 0.0976. The summed E-state index contributed by atoms with van der Waals surface area (Å²) in [6.07, 6.45) is 0.286. The molecule has 0 aromatic heterocycles. The molecular weight excluding hydrogens is 390 g/mol. The van der Waals surface area contributed by atoms with Crippen molar-refractivity contribution in [3.8, 4) is 17.2 Å². The Morgan fingerprint density at radius 2 is 1.52 bits per heavy atom. The van der Waals surface area contributed by atoms with Crippen molar-refractivity contribution in [1.29, 1.82) is 0 Å². The van der Waals surface area contributed by atoms with Crippen LogP contribution >= 0.6 is 0 Å². The Morgan fingerprint density at radius 3 is 2.13 bits per heavy atom. The van der Waals surface area contributed by atoms with Gasteiger partial charge in [-0.1, -0.05) is 12.1 Å². The standard InChI is InChI=1S/C26H29NO4/c1-17-6-10-21(14-18(17)2)27-23(20-9-13-25(30-4)26(15-20)31-5)16-24(28)19-7-11-22(29-3)12-8-19/h6-15,23,27H,16H2,1-5H3. The highest BCUT2D eigenvalue weighted by Gasteiger charge is 2.19. The number of ketones is 1. The number of nitrogens with one attached hydrogen (secondary N) is 1. The highest BCUT2D eigenvalue weighted by atomic mass is 16.5. The Morgan fingerprint density at radius 1 is 0.806 bits per heavy atom. The Bertz CT molecular complexity index is 1040. The van der Waals surface area contributed by atoms with E-state index in [1.54, 1.807) is 45.6 Å². The molecule has 162 valence electrons. The van der Waals surface area contributed by atoms with Crippen LogP contribution in [-0.4, -0.2) is 27.1 Å². The molecule has 5 heteroatoms. The molecule has 0 aliphatic carbocycles. The largest absolute Gasteiger partial charge is 0.497 e. The number of anilines is 1. The molecule has 0 aliphatic heterocycles. The molecule has 0 saturated carbocycles. The van der Waals surface area contributed by atoms with Crippen LogP contribution in [0.3, 0.4) is 0 Å². The number of ether oxygens (including phenoxy) is 3. The van der Waals surface area contributed by atoms with Gasteiger partial charge in [-0.05, 0) is 79.1 Å². The lowest BCUT2D eigenvalue weighted by Gasteiger charge is -2.22. The average molecular weight is 420 g/mol. The van der Waals surface area contributed by atoms with Gasteiger partial charge in [-0.25, -0.2) is 0 Å². The van der Waals surface area contributed by atoms with E-state index < -0.39 is 0 Å². The van der Waals surface area contributed by atoms with Crippen LogP contribution in [0, 0.1) is 13.8 Å². The van der Waals surface area contributed by atoms with E-state index in [9.17, 15) is 4.79 Å². The van der Waals surface area contributed by atoms with Crippen LogP contribution < -0.4 is 19.5 Å². The quantitative estimate of drug-likeness (QED) is 0.447. The molecule has 5 nitrogen and oxygen atoms in total. The van der Waals surface area contributed by atoms with Gasteiger partial charge in [0.1, 0.15) is 5.75 Å². The summed E-state index contributed by atoms with van der Waals surface area (Å²) < 4.78 is 16.0. The third-order valence-corrected chi connectivity index (χ3v) is 5.46. The molecule has 0 fully saturated rings. The van der Waals surface area contributed by atoms with Crippen LogP contribution in [0.1, 0.15) is 39.5 Å². The molecule has 0 amide bonds. The van der Waals surface area contributed by atoms with Crippen molar-refractivity contribution in [1.82, 2.24) is 0 Å². The number of carbonyl (C=O) groups is 1. The number of methoxy groups -OCH3 is 3. The van der Waals surface area contributed by atoms with E-state index >= 15 is 0 Å². The second-order valence-corrected chi connectivity index (χ2v) is 7.47. The van der Waals surface area contributed by atoms with Gasteiger partial charge in [0, 0.05) is 17.7 Å². The van der Waals surface area contributed by atoms with Crippen LogP contribution in [0.5, 0.6) is 17.2 Å². The van der Waals surface area contributed by atoms with E-state index in [0.29, 0.717) is 17.1 Å². The van der Waals surface area contributed by atoms with Crippen LogP contribution in [-0.2, 0) is 0 Å². The zero-order valence-electron chi connectivity index (χ0n) is 18.7. The topological polar surface area (TPSA) is 56.8 Å². The maximum atomic E-state index is 13.1. The average Bonchev–Trinajstić information content (AvgIpc) is 2.80. The minimum atomic E-state index is -0.239. The normalized spacial score (nSPS) is 11.5. The molecule has 0 radical (unpaired) electrons. The summed E-state index contributed by atoms with van der Waals surface area (Å²) >= 11 is 0. The van der Waals surface area contributed by atoms with Crippen molar-refractivity contribution >= 4 is 11.5 Å². The first-order valence-corrected chi connectivity index (χ1v) is 10.2. The fourth-order valence-electron chi connectivity index (χ4n) is 3.43. The van der Waals surface area contributed by atoms with Crippen LogP contribution in [0.15, 0.2) is 60.7 Å². The van der Waals surface area contributed by atoms with Crippen molar-refractivity contribution < 1.29 is 19.0 Å². The molecule has 1 atom stereocenters. The van der Waals surface area contributed by atoms with E-state index in [1.807, 2.05) is 24.3 Å². The zero-order valence-corrected chi connectivity index (χ0v) is 18.7. The van der Waals surface area contributed by atoms with Gasteiger partial charge >= 0.3 is 0 Å². The van der Waals surface area contributed by atoms with Gasteiger partial charge in [-0.15, -0.1) is 0 Å². The second kappa shape index (κ2) is 10.0. The summed E-state index contributed by atoms with van der Waals surface area (Å²) in [5, 5.41) is 3.53. The molecular formula is C26H29NO4. The third-order valence-electron chi connectivity index (χ3n) is 5.46. The number of hydrogen-bond donors (Lipinski definition) is 1. The van der Waals surface area contributed by atoms with Gasteiger partial charge in [0.25, 0.3) is 0 Å². The lowest BCUT2D eigenvalue weighted by atomic mass is 9.96. The summed E-state index contributed by atoms with van der Waals surface area (Å²) in [6.45, 7) is 4.16. The predicted octanol–water partition coefficient (Wildman–Crippen LogP) is 5.76. The number of carbonyl (C=O) groups excluding carboxylic acids is 1. The van der Waals surface area contributed by atoms with E-state index in [0.717, 1.165) is 17.0 Å². The second-order valence-electron chi connectivity index (χ2n) is 7.47. The minimum Gasteiger partial charge on any atom is -0.497 e. The first kappa shape index (κ1) is 22.2. The first-order valence-electron chi connectivity index (χ1n) is 10.2. The molecule has 0 aliphatic rings. The number of Topliss-reactive ketones (excluding diaryl/α,β-unsaturated/α-hetero) is 1. The minimum absolute atomic E-state index is 0.0405. The smallest absolute Gasteiger partial charge is 0.165 e. The monoisotopic (exact) mass is 419 g/mol. The van der Waals surface area contributed by atoms with Crippen LogP contribution in [0.25, 0.3) is 0 Å². The van der Waals surface area contributed by atoms with E-state index in [-0.39, 0.29) is 18.2 Å². The molecule has 0 spiro atoms. The summed E-state index contributed by atoms with van der Waals surface area (Å²) in [5.74, 6) is 2.04. The maximum absolute atomic E-state index is 13.1. The predicted molar refractivity (Wildman–Crippen MR) is 124 cm³/mol. The summed E-state index contributed by atoms with van der Waals surface area (Å²) in [4.78, 5) is 13.1. The van der Waals surface area contributed by atoms with Crippen molar-refractivity contribution in [2.24, 2.45) is 0 Å². The molecule has 0 bridgehead atoms. The van der Waals surface area contributed by atoms with Gasteiger partial charge in [-0.2, -0.15) is 0 Å². The molecule has 3 aromatic carbocycles. The van der Waals surface area contributed by atoms with Crippen molar-refractivity contribution in [2.45, 2.75) is 26.3 Å². The fraction of sp³-hybridized carbons (Fsp3) is 0.269. The number of rotatable bonds is 9.